The van der Waals surface area contributed by atoms with Gasteiger partial charge in [-0.15, -0.1) is 11.3 Å². The predicted molar refractivity (Wildman–Crippen MR) is 60.7 cm³/mol. The first kappa shape index (κ1) is 12.6. The van der Waals surface area contributed by atoms with E-state index < -0.39 is 18.2 Å². The van der Waals surface area contributed by atoms with Crippen molar-refractivity contribution >= 4 is 33.2 Å². The summed E-state index contributed by atoms with van der Waals surface area (Å²) >= 11 is 4.28. The van der Waals surface area contributed by atoms with E-state index >= 15 is 0 Å². The van der Waals surface area contributed by atoms with Crippen molar-refractivity contribution in [2.24, 2.45) is 0 Å². The van der Waals surface area contributed by atoms with Gasteiger partial charge in [0.25, 0.3) is 0 Å². The second-order valence-corrected chi connectivity index (χ2v) is 4.73. The van der Waals surface area contributed by atoms with E-state index in [1.54, 1.807) is 5.38 Å². The average Bonchev–Trinajstić information content (AvgIpc) is 2.65. The highest BCUT2D eigenvalue weighted by atomic mass is 79.9. The van der Waals surface area contributed by atoms with Gasteiger partial charge in [0.1, 0.15) is 6.10 Å². The average molecular weight is 295 g/mol. The van der Waals surface area contributed by atoms with E-state index in [-0.39, 0.29) is 5.56 Å². The lowest BCUT2D eigenvalue weighted by atomic mass is 10.1. The Morgan fingerprint density at radius 1 is 1.53 bits per heavy atom. The number of carboxylic acid groups (broad SMARTS) is 1. The van der Waals surface area contributed by atoms with Crippen molar-refractivity contribution in [1.29, 1.82) is 0 Å². The standard InChI is InChI=1S/C9H11BrO4S/c10-3-1-6(11)7(12)8-5(9(13)14)2-4-15-8/h2,4,6-7,11-12H,1,3H2,(H,13,14). The summed E-state index contributed by atoms with van der Waals surface area (Å²) in [4.78, 5) is 11.1. The molecule has 0 saturated heterocycles. The van der Waals surface area contributed by atoms with E-state index in [4.69, 9.17) is 5.11 Å². The molecule has 3 N–H and O–H groups in total. The molecule has 6 heteroatoms. The molecule has 0 aliphatic heterocycles. The highest BCUT2D eigenvalue weighted by Crippen LogP contribution is 2.28. The van der Waals surface area contributed by atoms with E-state index in [9.17, 15) is 15.0 Å². The summed E-state index contributed by atoms with van der Waals surface area (Å²) in [6, 6.07) is 1.42. The second-order valence-electron chi connectivity index (χ2n) is 2.99. The van der Waals surface area contributed by atoms with Gasteiger partial charge in [0, 0.05) is 5.33 Å². The third-order valence-electron chi connectivity index (χ3n) is 1.96. The van der Waals surface area contributed by atoms with Crippen LogP contribution in [0.2, 0.25) is 0 Å². The normalized spacial score (nSPS) is 14.9. The number of carboxylic acids is 1. The van der Waals surface area contributed by atoms with Gasteiger partial charge in [0.15, 0.2) is 0 Å². The first-order valence-electron chi connectivity index (χ1n) is 4.30. The topological polar surface area (TPSA) is 77.8 Å². The first-order chi connectivity index (χ1) is 7.07. The third kappa shape index (κ3) is 3.01. The molecular weight excluding hydrogens is 284 g/mol. The SMILES string of the molecule is O=C(O)c1ccsc1C(O)C(O)CCBr. The van der Waals surface area contributed by atoms with E-state index in [1.165, 1.54) is 6.07 Å². The molecule has 0 saturated carbocycles. The van der Waals surface area contributed by atoms with Gasteiger partial charge in [-0.1, -0.05) is 15.9 Å². The van der Waals surface area contributed by atoms with E-state index in [1.807, 2.05) is 0 Å². The monoisotopic (exact) mass is 294 g/mol. The number of carbonyl (C=O) groups is 1. The smallest absolute Gasteiger partial charge is 0.336 e. The molecule has 15 heavy (non-hydrogen) atoms. The minimum atomic E-state index is -1.13. The summed E-state index contributed by atoms with van der Waals surface area (Å²) < 4.78 is 0. The van der Waals surface area contributed by atoms with Crippen molar-refractivity contribution in [2.45, 2.75) is 18.6 Å². The van der Waals surface area contributed by atoms with Crippen LogP contribution in [-0.4, -0.2) is 32.7 Å². The summed E-state index contributed by atoms with van der Waals surface area (Å²) in [5.74, 6) is -1.09. The van der Waals surface area contributed by atoms with Crippen LogP contribution in [0.15, 0.2) is 11.4 Å². The van der Waals surface area contributed by atoms with Crippen LogP contribution in [0.1, 0.15) is 27.8 Å². The summed E-state index contributed by atoms with van der Waals surface area (Å²) in [6.45, 7) is 0. The van der Waals surface area contributed by atoms with Gasteiger partial charge < -0.3 is 15.3 Å². The molecule has 0 aromatic carbocycles. The van der Waals surface area contributed by atoms with Gasteiger partial charge in [0.2, 0.25) is 0 Å². The first-order valence-corrected chi connectivity index (χ1v) is 6.30. The quantitative estimate of drug-likeness (QED) is 0.721. The zero-order valence-corrected chi connectivity index (χ0v) is 10.2. The predicted octanol–water partition coefficient (Wildman–Crippen LogP) is 1.63. The molecule has 0 bridgehead atoms. The lowest BCUT2D eigenvalue weighted by molar-refractivity contribution is 0.0186. The molecule has 84 valence electrons. The van der Waals surface area contributed by atoms with Crippen LogP contribution in [0.5, 0.6) is 0 Å². The van der Waals surface area contributed by atoms with Gasteiger partial charge in [-0.2, -0.15) is 0 Å². The molecule has 4 nitrogen and oxygen atoms in total. The van der Waals surface area contributed by atoms with Gasteiger partial charge in [0.05, 0.1) is 16.5 Å². The number of alkyl halides is 1. The Bertz CT molecular complexity index is 339. The maximum absolute atomic E-state index is 10.8. The lowest BCUT2D eigenvalue weighted by Gasteiger charge is -2.16. The van der Waals surface area contributed by atoms with Crippen LogP contribution < -0.4 is 0 Å². The molecule has 0 radical (unpaired) electrons. The Morgan fingerprint density at radius 2 is 2.20 bits per heavy atom. The minimum Gasteiger partial charge on any atom is -0.478 e. The molecule has 0 fully saturated rings. The van der Waals surface area contributed by atoms with E-state index in [0.29, 0.717) is 16.6 Å². The maximum Gasteiger partial charge on any atom is 0.336 e. The number of aliphatic hydroxyl groups excluding tert-OH is 2. The van der Waals surface area contributed by atoms with Crippen molar-refractivity contribution in [1.82, 2.24) is 0 Å². The number of rotatable bonds is 5. The van der Waals surface area contributed by atoms with Crippen LogP contribution in [0.3, 0.4) is 0 Å². The lowest BCUT2D eigenvalue weighted by Crippen LogP contribution is -2.19. The fourth-order valence-electron chi connectivity index (χ4n) is 1.17. The number of aromatic carboxylic acids is 1. The Balaban J connectivity index is 2.85. The summed E-state index contributed by atoms with van der Waals surface area (Å²) in [7, 11) is 0. The van der Waals surface area contributed by atoms with Gasteiger partial charge in [-0.3, -0.25) is 0 Å². The van der Waals surface area contributed by atoms with E-state index in [0.717, 1.165) is 11.3 Å². The Labute approximate surface area is 99.3 Å². The van der Waals surface area contributed by atoms with Crippen molar-refractivity contribution in [3.8, 4) is 0 Å². The van der Waals surface area contributed by atoms with Crippen molar-refractivity contribution < 1.29 is 20.1 Å². The number of hydrogen-bond acceptors (Lipinski definition) is 4. The van der Waals surface area contributed by atoms with Gasteiger partial charge in [-0.25, -0.2) is 4.79 Å². The molecule has 0 aliphatic carbocycles. The fourth-order valence-corrected chi connectivity index (χ4v) is 2.57. The zero-order valence-electron chi connectivity index (χ0n) is 7.76. The zero-order chi connectivity index (χ0) is 11.4. The van der Waals surface area contributed by atoms with Gasteiger partial charge in [-0.05, 0) is 17.9 Å². The molecule has 2 unspecified atom stereocenters. The fraction of sp³-hybridized carbons (Fsp3) is 0.444. The molecular formula is C9H11BrO4S. The molecule has 1 heterocycles. The summed E-state index contributed by atoms with van der Waals surface area (Å²) in [6.07, 6.45) is -1.70. The van der Waals surface area contributed by atoms with Gasteiger partial charge >= 0.3 is 5.97 Å². The Hall–Kier alpha value is -0.430. The third-order valence-corrected chi connectivity index (χ3v) is 3.41. The van der Waals surface area contributed by atoms with E-state index in [2.05, 4.69) is 15.9 Å². The number of hydrogen-bond donors (Lipinski definition) is 3. The molecule has 1 rings (SSSR count). The van der Waals surface area contributed by atoms with Crippen LogP contribution in [0.4, 0.5) is 0 Å². The second kappa shape index (κ2) is 5.60. The van der Waals surface area contributed by atoms with Crippen LogP contribution in [0.25, 0.3) is 0 Å². The molecule has 1 aromatic rings. The molecule has 0 amide bonds. The van der Waals surface area contributed by atoms with Crippen molar-refractivity contribution in [3.63, 3.8) is 0 Å². The molecule has 0 aliphatic rings. The van der Waals surface area contributed by atoms with Crippen LogP contribution in [-0.2, 0) is 0 Å². The number of halogens is 1. The summed E-state index contributed by atoms with van der Waals surface area (Å²) in [5, 5.41) is 30.2. The molecule has 1 aromatic heterocycles. The number of thiophene rings is 1. The Morgan fingerprint density at radius 3 is 2.73 bits per heavy atom. The van der Waals surface area contributed by atoms with Crippen LogP contribution >= 0.6 is 27.3 Å². The highest BCUT2D eigenvalue weighted by Gasteiger charge is 2.24. The Kier molecular flexibility index (Phi) is 4.72. The summed E-state index contributed by atoms with van der Waals surface area (Å²) in [5.41, 5.74) is 0.0566. The molecule has 0 spiro atoms. The number of aliphatic hydroxyl groups is 2. The van der Waals surface area contributed by atoms with Crippen molar-refractivity contribution in [2.75, 3.05) is 5.33 Å². The highest BCUT2D eigenvalue weighted by molar-refractivity contribution is 9.09. The maximum atomic E-state index is 10.8. The largest absolute Gasteiger partial charge is 0.478 e. The van der Waals surface area contributed by atoms with Crippen LogP contribution in [0, 0.1) is 0 Å². The minimum absolute atomic E-state index is 0.0566. The molecule has 2 atom stereocenters. The van der Waals surface area contributed by atoms with Crippen molar-refractivity contribution in [3.05, 3.63) is 21.9 Å².